The molecule has 2 aromatic rings. The fraction of sp³-hybridized carbons (Fsp3) is 0.0833. The quantitative estimate of drug-likeness (QED) is 0.922. The van der Waals surface area contributed by atoms with E-state index in [1.807, 2.05) is 31.2 Å². The molecule has 0 aliphatic rings. The molecule has 4 nitrogen and oxygen atoms in total. The molecule has 5 heteroatoms. The van der Waals surface area contributed by atoms with Gasteiger partial charge in [0.15, 0.2) is 5.82 Å². The van der Waals surface area contributed by atoms with Gasteiger partial charge in [0, 0.05) is 10.2 Å². The Hall–Kier alpha value is -1.93. The molecule has 0 spiro atoms. The highest BCUT2D eigenvalue weighted by Crippen LogP contribution is 2.23. The maximum atomic E-state index is 8.93. The minimum Gasteiger partial charge on any atom is -0.339 e. The molecule has 0 aliphatic carbocycles. The molecule has 0 aliphatic heterocycles. The molecular formula is C12H9BrN4. The van der Waals surface area contributed by atoms with Crippen molar-refractivity contribution in [3.05, 3.63) is 46.3 Å². The number of nitrogens with one attached hydrogen (secondary N) is 1. The van der Waals surface area contributed by atoms with Crippen LogP contribution in [-0.4, -0.2) is 9.97 Å². The molecule has 0 amide bonds. The summed E-state index contributed by atoms with van der Waals surface area (Å²) in [4.78, 5) is 7.87. The fourth-order valence-electron chi connectivity index (χ4n) is 1.41. The first-order valence-corrected chi connectivity index (χ1v) is 5.73. The van der Waals surface area contributed by atoms with Crippen molar-refractivity contribution in [2.75, 3.05) is 5.32 Å². The summed E-state index contributed by atoms with van der Waals surface area (Å²) in [7, 11) is 0. The molecule has 0 fully saturated rings. The lowest BCUT2D eigenvalue weighted by Crippen LogP contribution is -1.99. The van der Waals surface area contributed by atoms with Crippen molar-refractivity contribution in [3.63, 3.8) is 0 Å². The van der Waals surface area contributed by atoms with E-state index in [-0.39, 0.29) is 0 Å². The second-order valence-electron chi connectivity index (χ2n) is 3.48. The largest absolute Gasteiger partial charge is 0.339 e. The van der Waals surface area contributed by atoms with Gasteiger partial charge in [0.25, 0.3) is 0 Å². The summed E-state index contributed by atoms with van der Waals surface area (Å²) in [5.74, 6) is 0.521. The van der Waals surface area contributed by atoms with Crippen LogP contribution in [0.1, 0.15) is 11.1 Å². The lowest BCUT2D eigenvalue weighted by Gasteiger charge is -2.09. The fourth-order valence-corrected chi connectivity index (χ4v) is 1.88. The van der Waals surface area contributed by atoms with Gasteiger partial charge in [-0.25, -0.2) is 9.97 Å². The molecule has 1 heterocycles. The molecule has 0 unspecified atom stereocenters. The second-order valence-corrected chi connectivity index (χ2v) is 4.40. The van der Waals surface area contributed by atoms with Gasteiger partial charge >= 0.3 is 0 Å². The molecule has 17 heavy (non-hydrogen) atoms. The molecule has 0 bridgehead atoms. The number of aromatic nitrogens is 2. The summed E-state index contributed by atoms with van der Waals surface area (Å²) in [5, 5.41) is 12.1. The Bertz CT molecular complexity index is 589. The van der Waals surface area contributed by atoms with Crippen LogP contribution in [0.3, 0.4) is 0 Å². The maximum absolute atomic E-state index is 8.93. The van der Waals surface area contributed by atoms with Gasteiger partial charge < -0.3 is 5.32 Å². The number of hydrogen-bond donors (Lipinski definition) is 1. The summed E-state index contributed by atoms with van der Waals surface area (Å²) in [6.07, 6.45) is 2.90. The summed E-state index contributed by atoms with van der Waals surface area (Å²) in [5.41, 5.74) is 2.42. The summed E-state index contributed by atoms with van der Waals surface area (Å²) in [6.45, 7) is 1.99. The van der Waals surface area contributed by atoms with E-state index in [2.05, 4.69) is 31.2 Å². The zero-order valence-electron chi connectivity index (χ0n) is 9.11. The molecule has 1 N–H and O–H groups in total. The summed E-state index contributed by atoms with van der Waals surface area (Å²) < 4.78 is 1.02. The highest BCUT2D eigenvalue weighted by Gasteiger charge is 2.05. The van der Waals surface area contributed by atoms with E-state index in [0.717, 1.165) is 15.7 Å². The predicted octanol–water partition coefficient (Wildman–Crippen LogP) is 3.16. The van der Waals surface area contributed by atoms with Crippen LogP contribution in [0.25, 0.3) is 0 Å². The SMILES string of the molecule is Cc1cc(Br)ccc1Nc1ncncc1C#N. The van der Waals surface area contributed by atoms with Crippen LogP contribution in [0.15, 0.2) is 35.2 Å². The lowest BCUT2D eigenvalue weighted by atomic mass is 10.2. The Morgan fingerprint density at radius 3 is 2.94 bits per heavy atom. The molecule has 84 valence electrons. The number of anilines is 2. The van der Waals surface area contributed by atoms with Crippen LogP contribution in [0.2, 0.25) is 0 Å². The van der Waals surface area contributed by atoms with Gasteiger partial charge in [-0.3, -0.25) is 0 Å². The van der Waals surface area contributed by atoms with Crippen molar-refractivity contribution in [2.45, 2.75) is 6.92 Å². The average molecular weight is 289 g/mol. The number of nitriles is 1. The highest BCUT2D eigenvalue weighted by molar-refractivity contribution is 9.10. The molecular weight excluding hydrogens is 280 g/mol. The van der Waals surface area contributed by atoms with Crippen molar-refractivity contribution in [3.8, 4) is 6.07 Å². The van der Waals surface area contributed by atoms with Crippen molar-refractivity contribution in [1.82, 2.24) is 9.97 Å². The van der Waals surface area contributed by atoms with E-state index in [9.17, 15) is 0 Å². The Balaban J connectivity index is 2.35. The molecule has 1 aromatic carbocycles. The Morgan fingerprint density at radius 2 is 2.24 bits per heavy atom. The second kappa shape index (κ2) is 4.93. The lowest BCUT2D eigenvalue weighted by molar-refractivity contribution is 1.15. The third kappa shape index (κ3) is 2.60. The number of rotatable bonds is 2. The van der Waals surface area contributed by atoms with Crippen LogP contribution in [0, 0.1) is 18.3 Å². The molecule has 0 saturated heterocycles. The molecule has 2 rings (SSSR count). The average Bonchev–Trinajstić information content (AvgIpc) is 2.33. The van der Waals surface area contributed by atoms with Gasteiger partial charge in [-0.1, -0.05) is 15.9 Å². The van der Waals surface area contributed by atoms with Gasteiger partial charge in [-0.05, 0) is 30.7 Å². The third-order valence-electron chi connectivity index (χ3n) is 2.27. The molecule has 0 saturated carbocycles. The van der Waals surface area contributed by atoms with Crippen LogP contribution >= 0.6 is 15.9 Å². The van der Waals surface area contributed by atoms with Gasteiger partial charge in [0.1, 0.15) is 18.0 Å². The number of nitrogens with zero attached hydrogens (tertiary/aromatic N) is 3. The van der Waals surface area contributed by atoms with Crippen molar-refractivity contribution in [1.29, 1.82) is 5.26 Å². The van der Waals surface area contributed by atoms with Crippen LogP contribution in [0.4, 0.5) is 11.5 Å². The van der Waals surface area contributed by atoms with Crippen molar-refractivity contribution in [2.24, 2.45) is 0 Å². The first-order valence-electron chi connectivity index (χ1n) is 4.94. The predicted molar refractivity (Wildman–Crippen MR) is 68.9 cm³/mol. The van der Waals surface area contributed by atoms with E-state index in [4.69, 9.17) is 5.26 Å². The van der Waals surface area contributed by atoms with Gasteiger partial charge in [-0.2, -0.15) is 5.26 Å². The molecule has 1 aromatic heterocycles. The zero-order chi connectivity index (χ0) is 12.3. The van der Waals surface area contributed by atoms with E-state index in [1.165, 1.54) is 12.5 Å². The Labute approximate surface area is 107 Å². The minimum atomic E-state index is 0.426. The first kappa shape index (κ1) is 11.6. The van der Waals surface area contributed by atoms with Crippen LogP contribution in [-0.2, 0) is 0 Å². The van der Waals surface area contributed by atoms with E-state index in [1.54, 1.807) is 0 Å². The van der Waals surface area contributed by atoms with E-state index < -0.39 is 0 Å². The number of halogens is 1. The molecule has 0 radical (unpaired) electrons. The maximum Gasteiger partial charge on any atom is 0.151 e. The van der Waals surface area contributed by atoms with Crippen LogP contribution in [0.5, 0.6) is 0 Å². The van der Waals surface area contributed by atoms with E-state index >= 15 is 0 Å². The zero-order valence-corrected chi connectivity index (χ0v) is 10.7. The van der Waals surface area contributed by atoms with Gasteiger partial charge in [0.05, 0.1) is 6.20 Å². The number of benzene rings is 1. The van der Waals surface area contributed by atoms with Gasteiger partial charge in [0.2, 0.25) is 0 Å². The smallest absolute Gasteiger partial charge is 0.151 e. The minimum absolute atomic E-state index is 0.426. The van der Waals surface area contributed by atoms with Gasteiger partial charge in [-0.15, -0.1) is 0 Å². The standard InChI is InChI=1S/C12H9BrN4/c1-8-4-10(13)2-3-11(8)17-12-9(5-14)6-15-7-16-12/h2-4,6-7H,1H3,(H,15,16,17). The third-order valence-corrected chi connectivity index (χ3v) is 2.77. The monoisotopic (exact) mass is 288 g/mol. The molecule has 0 atom stereocenters. The normalized spacial score (nSPS) is 9.71. The topological polar surface area (TPSA) is 61.6 Å². The van der Waals surface area contributed by atoms with Crippen molar-refractivity contribution >= 4 is 27.4 Å². The number of hydrogen-bond acceptors (Lipinski definition) is 4. The number of aryl methyl sites for hydroxylation is 1. The van der Waals surface area contributed by atoms with E-state index in [0.29, 0.717) is 11.4 Å². The van der Waals surface area contributed by atoms with Crippen molar-refractivity contribution < 1.29 is 0 Å². The highest BCUT2D eigenvalue weighted by atomic mass is 79.9. The Morgan fingerprint density at radius 1 is 1.41 bits per heavy atom. The first-order chi connectivity index (χ1) is 8.20. The van der Waals surface area contributed by atoms with Crippen LogP contribution < -0.4 is 5.32 Å². The summed E-state index contributed by atoms with van der Waals surface area (Å²) >= 11 is 3.40. The summed E-state index contributed by atoms with van der Waals surface area (Å²) in [6, 6.07) is 7.91. The Kier molecular flexibility index (Phi) is 3.35.